The number of H-pyrrole nitrogens is 1. The Kier molecular flexibility index (Phi) is 4.76. The fourth-order valence-corrected chi connectivity index (χ4v) is 4.65. The summed E-state index contributed by atoms with van der Waals surface area (Å²) >= 11 is 0. The van der Waals surface area contributed by atoms with Crippen LogP contribution in [0.1, 0.15) is 42.7 Å². The second-order valence-electron chi connectivity index (χ2n) is 7.87. The largest absolute Gasteiger partial charge is 0.326 e. The summed E-state index contributed by atoms with van der Waals surface area (Å²) in [6.07, 6.45) is 12.2. The molecule has 1 heterocycles. The molecule has 0 amide bonds. The molecule has 1 aromatic heterocycles. The first kappa shape index (κ1) is 18.4. The first-order chi connectivity index (χ1) is 13.5. The van der Waals surface area contributed by atoms with Gasteiger partial charge in [0.05, 0.1) is 0 Å². The Morgan fingerprint density at radius 2 is 1.93 bits per heavy atom. The van der Waals surface area contributed by atoms with Gasteiger partial charge in [0.15, 0.2) is 0 Å². The third-order valence-electron chi connectivity index (χ3n) is 5.83. The highest BCUT2D eigenvalue weighted by atomic mass is 16.1. The Balaban J connectivity index is 1.76. The Labute approximate surface area is 166 Å². The van der Waals surface area contributed by atoms with E-state index in [9.17, 15) is 4.79 Å². The number of nitrogens with one attached hydrogen (secondary N) is 1. The summed E-state index contributed by atoms with van der Waals surface area (Å²) < 4.78 is 0. The van der Waals surface area contributed by atoms with Gasteiger partial charge in [-0.3, -0.25) is 9.79 Å². The number of aryl methyl sites for hydroxylation is 1. The summed E-state index contributed by atoms with van der Waals surface area (Å²) in [6.45, 7) is 6.37. The van der Waals surface area contributed by atoms with Crippen LogP contribution in [0.25, 0.3) is 6.08 Å². The highest BCUT2D eigenvalue weighted by Gasteiger charge is 2.46. The molecule has 0 aliphatic heterocycles. The minimum absolute atomic E-state index is 0.0418. The van der Waals surface area contributed by atoms with Crippen LogP contribution >= 0.6 is 0 Å². The molecule has 3 heteroatoms. The lowest BCUT2D eigenvalue weighted by Gasteiger charge is -2.45. The molecule has 0 saturated heterocycles. The lowest BCUT2D eigenvalue weighted by atomic mass is 9.63. The van der Waals surface area contributed by atoms with Gasteiger partial charge in [0.25, 0.3) is 0 Å². The first-order valence-electron chi connectivity index (χ1n) is 9.87. The van der Waals surface area contributed by atoms with Crippen molar-refractivity contribution in [2.45, 2.75) is 39.2 Å². The molecular formula is C25H26N2O. The standard InChI is InChI=1S/C25H26N2O/c1-4-21-20-14-18(3)16-25(21,22-11-12-24(28)27-23(22)15-20)26-13-5-6-19-9-7-17(2)8-10-19/h4-14,20H,15-16H2,1-3H3,(H,27,28)/b6-5+,21-4+,26-13+. The van der Waals surface area contributed by atoms with Crippen molar-refractivity contribution in [3.05, 3.63) is 98.5 Å². The average molecular weight is 370 g/mol. The maximum Gasteiger partial charge on any atom is 0.248 e. The molecule has 4 rings (SSSR count). The number of hydrogen-bond acceptors (Lipinski definition) is 2. The number of pyridine rings is 1. The predicted molar refractivity (Wildman–Crippen MR) is 117 cm³/mol. The summed E-state index contributed by atoms with van der Waals surface area (Å²) in [6, 6.07) is 12.0. The van der Waals surface area contributed by atoms with Crippen molar-refractivity contribution in [3.63, 3.8) is 0 Å². The summed E-state index contributed by atoms with van der Waals surface area (Å²) in [5.41, 5.74) is 6.78. The Hall–Kier alpha value is -2.94. The van der Waals surface area contributed by atoms with Crippen LogP contribution in [0, 0.1) is 12.8 Å². The predicted octanol–water partition coefficient (Wildman–Crippen LogP) is 5.13. The quantitative estimate of drug-likeness (QED) is 0.591. The maximum atomic E-state index is 11.9. The monoisotopic (exact) mass is 370 g/mol. The molecule has 2 aromatic rings. The number of aliphatic imine (C=N–C) groups is 1. The molecule has 3 nitrogen and oxygen atoms in total. The van der Waals surface area contributed by atoms with E-state index < -0.39 is 5.54 Å². The number of aromatic amines is 1. The van der Waals surface area contributed by atoms with E-state index in [0.29, 0.717) is 5.92 Å². The van der Waals surface area contributed by atoms with E-state index >= 15 is 0 Å². The van der Waals surface area contributed by atoms with E-state index in [-0.39, 0.29) is 5.56 Å². The molecule has 2 unspecified atom stereocenters. The maximum absolute atomic E-state index is 11.9. The summed E-state index contributed by atoms with van der Waals surface area (Å²) in [7, 11) is 0. The summed E-state index contributed by atoms with van der Waals surface area (Å²) in [5, 5.41) is 0. The molecule has 0 spiro atoms. The van der Waals surface area contributed by atoms with Crippen LogP contribution in [0.5, 0.6) is 0 Å². The van der Waals surface area contributed by atoms with Crippen LogP contribution in [0.2, 0.25) is 0 Å². The van der Waals surface area contributed by atoms with Crippen molar-refractivity contribution in [2.75, 3.05) is 0 Å². The van der Waals surface area contributed by atoms with E-state index in [1.807, 2.05) is 18.4 Å². The summed E-state index contributed by atoms with van der Waals surface area (Å²) in [5.74, 6) is 0.294. The fourth-order valence-electron chi connectivity index (χ4n) is 4.65. The highest BCUT2D eigenvalue weighted by molar-refractivity contribution is 5.79. The molecule has 2 bridgehead atoms. The Morgan fingerprint density at radius 1 is 1.14 bits per heavy atom. The van der Waals surface area contributed by atoms with Gasteiger partial charge in [-0.1, -0.05) is 53.6 Å². The Morgan fingerprint density at radius 3 is 2.68 bits per heavy atom. The van der Waals surface area contributed by atoms with Crippen LogP contribution in [-0.4, -0.2) is 11.2 Å². The van der Waals surface area contributed by atoms with Crippen LogP contribution in [-0.2, 0) is 12.0 Å². The van der Waals surface area contributed by atoms with Gasteiger partial charge < -0.3 is 4.98 Å². The van der Waals surface area contributed by atoms with Crippen molar-refractivity contribution < 1.29 is 0 Å². The third-order valence-corrected chi connectivity index (χ3v) is 5.83. The molecule has 2 atom stereocenters. The molecule has 0 saturated carbocycles. The van der Waals surface area contributed by atoms with Gasteiger partial charge in [0.2, 0.25) is 5.56 Å². The molecule has 1 aromatic carbocycles. The Bertz CT molecular complexity index is 1070. The normalized spacial score (nSPS) is 25.3. The number of allylic oxidation sites excluding steroid dienone is 3. The van der Waals surface area contributed by atoms with Crippen molar-refractivity contribution in [2.24, 2.45) is 10.9 Å². The number of fused-ring (bicyclic) bond motifs is 4. The van der Waals surface area contributed by atoms with Crippen LogP contribution in [0.15, 0.2) is 75.6 Å². The highest BCUT2D eigenvalue weighted by Crippen LogP contribution is 2.51. The second-order valence-corrected chi connectivity index (χ2v) is 7.87. The molecule has 0 radical (unpaired) electrons. The molecule has 28 heavy (non-hydrogen) atoms. The number of hydrogen-bond donors (Lipinski definition) is 1. The van der Waals surface area contributed by atoms with Gasteiger partial charge in [-0.2, -0.15) is 0 Å². The number of rotatable bonds is 3. The zero-order valence-corrected chi connectivity index (χ0v) is 16.7. The van der Waals surface area contributed by atoms with Gasteiger partial charge >= 0.3 is 0 Å². The van der Waals surface area contributed by atoms with E-state index in [1.54, 1.807) is 6.07 Å². The van der Waals surface area contributed by atoms with E-state index in [1.165, 1.54) is 16.7 Å². The minimum atomic E-state index is -0.423. The SMILES string of the molecule is C/C=C1\C2C=C(C)CC1(/N=C/C=C/c1ccc(C)cc1)c1ccc(=O)[nH]c1C2. The van der Waals surface area contributed by atoms with Gasteiger partial charge in [-0.05, 0) is 50.5 Å². The zero-order valence-electron chi connectivity index (χ0n) is 16.7. The number of benzene rings is 1. The second kappa shape index (κ2) is 7.23. The lowest BCUT2D eigenvalue weighted by molar-refractivity contribution is 0.413. The minimum Gasteiger partial charge on any atom is -0.326 e. The van der Waals surface area contributed by atoms with Crippen LogP contribution in [0.3, 0.4) is 0 Å². The number of nitrogens with zero attached hydrogens (tertiary/aromatic N) is 1. The average Bonchev–Trinajstić information content (AvgIpc) is 2.66. The molecule has 0 fully saturated rings. The van der Waals surface area contributed by atoms with Crippen molar-refractivity contribution in [1.29, 1.82) is 0 Å². The van der Waals surface area contributed by atoms with Crippen LogP contribution < -0.4 is 5.56 Å². The smallest absolute Gasteiger partial charge is 0.248 e. The van der Waals surface area contributed by atoms with E-state index in [2.05, 4.69) is 68.2 Å². The van der Waals surface area contributed by atoms with Crippen molar-refractivity contribution in [3.8, 4) is 0 Å². The fraction of sp³-hybridized carbons (Fsp3) is 0.280. The van der Waals surface area contributed by atoms with Gasteiger partial charge in [0.1, 0.15) is 5.54 Å². The van der Waals surface area contributed by atoms with Crippen molar-refractivity contribution in [1.82, 2.24) is 4.98 Å². The lowest BCUT2D eigenvalue weighted by Crippen LogP contribution is -2.40. The van der Waals surface area contributed by atoms with E-state index in [4.69, 9.17) is 4.99 Å². The molecular weight excluding hydrogens is 344 g/mol. The topological polar surface area (TPSA) is 45.2 Å². The molecule has 1 N–H and O–H groups in total. The zero-order chi connectivity index (χ0) is 19.7. The number of aromatic nitrogens is 1. The first-order valence-corrected chi connectivity index (χ1v) is 9.87. The molecule has 2 aliphatic carbocycles. The third kappa shape index (κ3) is 3.22. The van der Waals surface area contributed by atoms with E-state index in [0.717, 1.165) is 29.7 Å². The van der Waals surface area contributed by atoms with Gasteiger partial charge in [-0.15, -0.1) is 0 Å². The van der Waals surface area contributed by atoms with Gasteiger partial charge in [-0.25, -0.2) is 0 Å². The molecule has 142 valence electrons. The van der Waals surface area contributed by atoms with Crippen LogP contribution in [0.4, 0.5) is 0 Å². The van der Waals surface area contributed by atoms with Crippen molar-refractivity contribution >= 4 is 12.3 Å². The molecule has 2 aliphatic rings. The summed E-state index contributed by atoms with van der Waals surface area (Å²) in [4.78, 5) is 20.0. The van der Waals surface area contributed by atoms with Gasteiger partial charge in [0, 0.05) is 35.9 Å².